The number of nitrogens with zero attached hydrogens (tertiary/aromatic N) is 2. The number of hydrogen-bond acceptors (Lipinski definition) is 4. The van der Waals surface area contributed by atoms with E-state index >= 15 is 0 Å². The van der Waals surface area contributed by atoms with E-state index in [4.69, 9.17) is 0 Å². The number of carbonyl (C=O) groups excluding carboxylic acids is 1. The Morgan fingerprint density at radius 3 is 2.58 bits per heavy atom. The number of anilines is 1. The van der Waals surface area contributed by atoms with Gasteiger partial charge in [-0.15, -0.1) is 0 Å². The lowest BCUT2D eigenvalue weighted by atomic mass is 10.1. The molecular formula is C19H19FN4OS. The summed E-state index contributed by atoms with van der Waals surface area (Å²) in [4.78, 5) is 15.7. The maximum Gasteiger partial charge on any atom is 0.221 e. The molecule has 1 heterocycles. The molecule has 0 bridgehead atoms. The fourth-order valence-corrected chi connectivity index (χ4v) is 3.39. The van der Waals surface area contributed by atoms with E-state index in [-0.39, 0.29) is 5.91 Å². The second-order valence-corrected chi connectivity index (χ2v) is 6.96. The predicted octanol–water partition coefficient (Wildman–Crippen LogP) is 4.13. The van der Waals surface area contributed by atoms with Crippen molar-refractivity contribution in [3.05, 3.63) is 58.9 Å². The highest BCUT2D eigenvalue weighted by Crippen LogP contribution is 2.26. The van der Waals surface area contributed by atoms with Crippen LogP contribution in [0.2, 0.25) is 0 Å². The van der Waals surface area contributed by atoms with Gasteiger partial charge >= 0.3 is 0 Å². The zero-order valence-electron chi connectivity index (χ0n) is 14.8. The molecule has 0 unspecified atom stereocenters. The van der Waals surface area contributed by atoms with E-state index in [1.807, 2.05) is 32.0 Å². The summed E-state index contributed by atoms with van der Waals surface area (Å²) in [6.45, 7) is 5.41. The number of benzene rings is 2. The third-order valence-corrected chi connectivity index (χ3v) is 4.76. The molecule has 2 aromatic carbocycles. The van der Waals surface area contributed by atoms with Gasteiger partial charge in [-0.25, -0.2) is 9.38 Å². The maximum absolute atomic E-state index is 14.3. The number of carbonyl (C=O) groups is 1. The molecule has 0 spiro atoms. The highest BCUT2D eigenvalue weighted by atomic mass is 32.2. The number of rotatable bonds is 3. The Bertz CT molecular complexity index is 904. The normalized spacial score (nSPS) is 15.4. The summed E-state index contributed by atoms with van der Waals surface area (Å²) >= 11 is 1.47. The monoisotopic (exact) mass is 370 g/mol. The summed E-state index contributed by atoms with van der Waals surface area (Å²) in [6.07, 6.45) is 0. The van der Waals surface area contributed by atoms with E-state index < -0.39 is 5.82 Å². The Morgan fingerprint density at radius 2 is 2.00 bits per heavy atom. The molecule has 0 aromatic heterocycles. The zero-order valence-corrected chi connectivity index (χ0v) is 15.6. The molecule has 0 atom stereocenters. The third-order valence-electron chi connectivity index (χ3n) is 3.89. The quantitative estimate of drug-likeness (QED) is 0.854. The molecule has 5 nitrogen and oxygen atoms in total. The summed E-state index contributed by atoms with van der Waals surface area (Å²) in [5, 5.41) is 7.52. The lowest BCUT2D eigenvalue weighted by Crippen LogP contribution is -2.26. The van der Waals surface area contributed by atoms with Crippen LogP contribution in [0.25, 0.3) is 0 Å². The molecular weight excluding hydrogens is 351 g/mol. The van der Waals surface area contributed by atoms with Crippen molar-refractivity contribution in [1.29, 1.82) is 0 Å². The van der Waals surface area contributed by atoms with Crippen LogP contribution in [0.5, 0.6) is 0 Å². The highest BCUT2D eigenvalue weighted by molar-refractivity contribution is 8.14. The fourth-order valence-electron chi connectivity index (χ4n) is 2.63. The molecule has 2 N–H and O–H groups in total. The van der Waals surface area contributed by atoms with Crippen LogP contribution in [0.15, 0.2) is 46.5 Å². The fraction of sp³-hybridized carbons (Fsp3) is 0.211. The van der Waals surface area contributed by atoms with Gasteiger partial charge in [0.2, 0.25) is 5.91 Å². The van der Waals surface area contributed by atoms with Crippen LogP contribution in [0.1, 0.15) is 23.6 Å². The van der Waals surface area contributed by atoms with Gasteiger partial charge in [0.15, 0.2) is 5.17 Å². The number of aryl methyl sites for hydroxylation is 2. The second kappa shape index (κ2) is 7.70. The Hall–Kier alpha value is -2.67. The first kappa shape index (κ1) is 18.1. The minimum atomic E-state index is -0.424. The number of hydrogen-bond donors (Lipinski definition) is 2. The smallest absolute Gasteiger partial charge is 0.221 e. The molecule has 134 valence electrons. The first-order chi connectivity index (χ1) is 12.4. The van der Waals surface area contributed by atoms with Gasteiger partial charge in [-0.2, -0.15) is 5.10 Å². The zero-order chi connectivity index (χ0) is 18.7. The van der Waals surface area contributed by atoms with Gasteiger partial charge < -0.3 is 5.32 Å². The summed E-state index contributed by atoms with van der Waals surface area (Å²) in [5.41, 5.74) is 7.45. The minimum absolute atomic E-state index is 0.239. The Labute approximate surface area is 155 Å². The van der Waals surface area contributed by atoms with E-state index in [1.54, 1.807) is 12.1 Å². The SMILES string of the molecule is CC(=O)Nc1ccc(C2=NNC(=Nc3c(C)cccc3C)SC2)c(F)c1. The van der Waals surface area contributed by atoms with E-state index in [1.165, 1.54) is 24.8 Å². The molecule has 26 heavy (non-hydrogen) atoms. The van der Waals surface area contributed by atoms with Gasteiger partial charge in [-0.3, -0.25) is 10.2 Å². The Kier molecular flexibility index (Phi) is 5.37. The maximum atomic E-state index is 14.3. The lowest BCUT2D eigenvalue weighted by molar-refractivity contribution is -0.114. The van der Waals surface area contributed by atoms with E-state index in [0.29, 0.717) is 27.9 Å². The standard InChI is InChI=1S/C19H19FN4OS/c1-11-5-4-6-12(2)18(11)22-19-24-23-17(10-26-19)15-8-7-14(9-16(15)20)21-13(3)25/h4-9H,10H2,1-3H3,(H,21,25)(H,22,24). The van der Waals surface area contributed by atoms with E-state index in [2.05, 4.69) is 20.8 Å². The van der Waals surface area contributed by atoms with Crippen LogP contribution < -0.4 is 10.7 Å². The number of aliphatic imine (C=N–C) groups is 1. The van der Waals surface area contributed by atoms with Crippen molar-refractivity contribution in [3.63, 3.8) is 0 Å². The van der Waals surface area contributed by atoms with Crippen molar-refractivity contribution in [2.24, 2.45) is 10.1 Å². The van der Waals surface area contributed by atoms with Gasteiger partial charge in [-0.05, 0) is 43.2 Å². The first-order valence-electron chi connectivity index (χ1n) is 8.12. The topological polar surface area (TPSA) is 65.8 Å². The molecule has 1 aliphatic heterocycles. The van der Waals surface area contributed by atoms with Crippen LogP contribution in [0.4, 0.5) is 15.8 Å². The number of para-hydroxylation sites is 1. The predicted molar refractivity (Wildman–Crippen MR) is 106 cm³/mol. The van der Waals surface area contributed by atoms with Gasteiger partial charge in [0.1, 0.15) is 5.82 Å². The van der Waals surface area contributed by atoms with Crippen LogP contribution in [0, 0.1) is 19.7 Å². The first-order valence-corrected chi connectivity index (χ1v) is 9.10. The van der Waals surface area contributed by atoms with Gasteiger partial charge in [0, 0.05) is 23.9 Å². The van der Waals surface area contributed by atoms with Gasteiger partial charge in [0.25, 0.3) is 0 Å². The molecule has 0 radical (unpaired) electrons. The summed E-state index contributed by atoms with van der Waals surface area (Å²) in [6, 6.07) is 10.6. The average Bonchev–Trinajstić information content (AvgIpc) is 2.59. The van der Waals surface area contributed by atoms with E-state index in [0.717, 1.165) is 16.8 Å². The summed E-state index contributed by atoms with van der Waals surface area (Å²) in [5.74, 6) is -0.156. The number of nitrogens with one attached hydrogen (secondary N) is 2. The number of hydrazone groups is 1. The molecule has 0 saturated carbocycles. The van der Waals surface area contributed by atoms with Crippen molar-refractivity contribution in [1.82, 2.24) is 5.43 Å². The number of halogens is 1. The van der Waals surface area contributed by atoms with Crippen LogP contribution in [-0.2, 0) is 4.79 Å². The van der Waals surface area contributed by atoms with Crippen molar-refractivity contribution in [2.45, 2.75) is 20.8 Å². The Balaban J connectivity index is 1.80. The van der Waals surface area contributed by atoms with Gasteiger partial charge in [0.05, 0.1) is 11.4 Å². The molecule has 0 aliphatic carbocycles. The van der Waals surface area contributed by atoms with Gasteiger partial charge in [-0.1, -0.05) is 30.0 Å². The lowest BCUT2D eigenvalue weighted by Gasteiger charge is -2.16. The molecule has 1 aliphatic rings. The van der Waals surface area contributed by atoms with Crippen molar-refractivity contribution in [3.8, 4) is 0 Å². The molecule has 1 amide bonds. The molecule has 7 heteroatoms. The summed E-state index contributed by atoms with van der Waals surface area (Å²) < 4.78 is 14.3. The van der Waals surface area contributed by atoms with Crippen LogP contribution in [-0.4, -0.2) is 22.5 Å². The largest absolute Gasteiger partial charge is 0.326 e. The van der Waals surface area contributed by atoms with Crippen molar-refractivity contribution >= 4 is 39.9 Å². The average molecular weight is 370 g/mol. The number of amides is 1. The number of amidine groups is 1. The van der Waals surface area contributed by atoms with E-state index in [9.17, 15) is 9.18 Å². The Morgan fingerprint density at radius 1 is 1.27 bits per heavy atom. The van der Waals surface area contributed by atoms with Crippen LogP contribution in [0.3, 0.4) is 0 Å². The molecule has 0 fully saturated rings. The van der Waals surface area contributed by atoms with Crippen molar-refractivity contribution in [2.75, 3.05) is 11.1 Å². The summed E-state index contributed by atoms with van der Waals surface area (Å²) in [7, 11) is 0. The second-order valence-electron chi connectivity index (χ2n) is 5.99. The third kappa shape index (κ3) is 4.11. The molecule has 0 saturated heterocycles. The number of thioether (sulfide) groups is 1. The minimum Gasteiger partial charge on any atom is -0.326 e. The highest BCUT2D eigenvalue weighted by Gasteiger charge is 2.17. The molecule has 3 rings (SSSR count). The molecule has 2 aromatic rings. The van der Waals surface area contributed by atoms with Crippen LogP contribution >= 0.6 is 11.8 Å². The van der Waals surface area contributed by atoms with Crippen molar-refractivity contribution < 1.29 is 9.18 Å².